The Bertz CT molecular complexity index is 407. The van der Waals surface area contributed by atoms with Crippen molar-refractivity contribution in [3.8, 4) is 11.5 Å². The van der Waals surface area contributed by atoms with Crippen LogP contribution in [-0.4, -0.2) is 25.5 Å². The molecule has 6 heteroatoms. The van der Waals surface area contributed by atoms with E-state index in [1.807, 2.05) is 12.1 Å². The van der Waals surface area contributed by atoms with Crippen molar-refractivity contribution in [3.63, 3.8) is 0 Å². The van der Waals surface area contributed by atoms with Crippen molar-refractivity contribution >= 4 is 23.5 Å². The standard InChI is InChI=1S/C10H13N3O2S/c1-14-8-5-3-4-7(9(8)15-2)6-12-13-10(11)16/h3-6H,1-2H3,(H3,11,13,16). The van der Waals surface area contributed by atoms with Gasteiger partial charge in [0.05, 0.1) is 20.4 Å². The van der Waals surface area contributed by atoms with Crippen LogP contribution in [-0.2, 0) is 0 Å². The highest BCUT2D eigenvalue weighted by Crippen LogP contribution is 2.29. The average Bonchev–Trinajstić information content (AvgIpc) is 2.28. The second-order valence-electron chi connectivity index (χ2n) is 2.82. The van der Waals surface area contributed by atoms with Gasteiger partial charge in [0.15, 0.2) is 16.6 Å². The zero-order valence-corrected chi connectivity index (χ0v) is 9.88. The van der Waals surface area contributed by atoms with E-state index in [2.05, 4.69) is 22.7 Å². The van der Waals surface area contributed by atoms with Crippen molar-refractivity contribution < 1.29 is 9.47 Å². The molecular formula is C10H13N3O2S. The molecule has 0 spiro atoms. The van der Waals surface area contributed by atoms with Gasteiger partial charge < -0.3 is 15.2 Å². The SMILES string of the molecule is COc1cccc(C=NNC(N)=S)c1OC. The summed E-state index contributed by atoms with van der Waals surface area (Å²) >= 11 is 4.62. The van der Waals surface area contributed by atoms with Crippen molar-refractivity contribution in [1.29, 1.82) is 0 Å². The van der Waals surface area contributed by atoms with E-state index in [-0.39, 0.29) is 5.11 Å². The number of hydrogen-bond donors (Lipinski definition) is 2. The summed E-state index contributed by atoms with van der Waals surface area (Å²) in [6.07, 6.45) is 1.56. The maximum atomic E-state index is 5.23. The van der Waals surface area contributed by atoms with Gasteiger partial charge in [-0.2, -0.15) is 5.10 Å². The van der Waals surface area contributed by atoms with Crippen LogP contribution in [0, 0.1) is 0 Å². The molecule has 0 radical (unpaired) electrons. The van der Waals surface area contributed by atoms with Gasteiger partial charge in [0.1, 0.15) is 0 Å². The van der Waals surface area contributed by atoms with Crippen molar-refractivity contribution in [2.45, 2.75) is 0 Å². The van der Waals surface area contributed by atoms with Gasteiger partial charge in [-0.1, -0.05) is 6.07 Å². The molecule has 0 aliphatic heterocycles. The minimum Gasteiger partial charge on any atom is -0.493 e. The van der Waals surface area contributed by atoms with Crippen LogP contribution in [0.25, 0.3) is 0 Å². The summed E-state index contributed by atoms with van der Waals surface area (Å²) in [7, 11) is 3.14. The molecule has 0 aromatic heterocycles. The predicted octanol–water partition coefficient (Wildman–Crippen LogP) is 0.871. The summed E-state index contributed by atoms with van der Waals surface area (Å²) in [5.74, 6) is 1.25. The number of benzene rings is 1. The lowest BCUT2D eigenvalue weighted by molar-refractivity contribution is 0.354. The Morgan fingerprint density at radius 1 is 1.44 bits per heavy atom. The molecule has 16 heavy (non-hydrogen) atoms. The second-order valence-corrected chi connectivity index (χ2v) is 3.26. The third kappa shape index (κ3) is 3.09. The van der Waals surface area contributed by atoms with Crippen LogP contribution in [0.1, 0.15) is 5.56 Å². The van der Waals surface area contributed by atoms with Crippen molar-refractivity contribution in [3.05, 3.63) is 23.8 Å². The van der Waals surface area contributed by atoms with Gasteiger partial charge in [0.25, 0.3) is 0 Å². The van der Waals surface area contributed by atoms with E-state index in [9.17, 15) is 0 Å². The Balaban J connectivity index is 2.94. The van der Waals surface area contributed by atoms with Crippen LogP contribution in [0.4, 0.5) is 0 Å². The monoisotopic (exact) mass is 239 g/mol. The fraction of sp³-hybridized carbons (Fsp3) is 0.200. The number of thiocarbonyl (C=S) groups is 1. The third-order valence-corrected chi connectivity index (χ3v) is 1.90. The van der Waals surface area contributed by atoms with Crippen LogP contribution in [0.2, 0.25) is 0 Å². The minimum atomic E-state index is 0.109. The lowest BCUT2D eigenvalue weighted by Gasteiger charge is -2.09. The third-order valence-electron chi connectivity index (χ3n) is 1.81. The summed E-state index contributed by atoms with van der Waals surface area (Å²) in [5, 5.41) is 3.96. The number of nitrogens with zero attached hydrogens (tertiary/aromatic N) is 1. The van der Waals surface area contributed by atoms with Gasteiger partial charge in [0.2, 0.25) is 0 Å². The molecule has 0 atom stereocenters. The first-order valence-corrected chi connectivity index (χ1v) is 4.89. The number of hydrazone groups is 1. The number of nitrogens with two attached hydrogens (primary N) is 1. The lowest BCUT2D eigenvalue weighted by Crippen LogP contribution is -2.24. The van der Waals surface area contributed by atoms with Gasteiger partial charge in [-0.05, 0) is 24.4 Å². The molecule has 0 bridgehead atoms. The van der Waals surface area contributed by atoms with E-state index in [4.69, 9.17) is 15.2 Å². The van der Waals surface area contributed by atoms with Crippen LogP contribution in [0.5, 0.6) is 11.5 Å². The Kier molecular flexibility index (Phi) is 4.53. The normalized spacial score (nSPS) is 10.1. The molecule has 0 saturated heterocycles. The molecule has 0 fully saturated rings. The second kappa shape index (κ2) is 5.92. The smallest absolute Gasteiger partial charge is 0.184 e. The molecule has 0 unspecified atom stereocenters. The maximum absolute atomic E-state index is 5.23. The molecule has 0 heterocycles. The van der Waals surface area contributed by atoms with Crippen LogP contribution < -0.4 is 20.6 Å². The van der Waals surface area contributed by atoms with Gasteiger partial charge in [-0.15, -0.1) is 0 Å². The molecule has 1 aromatic rings. The van der Waals surface area contributed by atoms with E-state index in [1.54, 1.807) is 26.5 Å². The first-order valence-electron chi connectivity index (χ1n) is 4.48. The zero-order valence-electron chi connectivity index (χ0n) is 9.06. The first-order chi connectivity index (χ1) is 7.69. The maximum Gasteiger partial charge on any atom is 0.184 e. The Labute approximate surface area is 99.2 Å². The van der Waals surface area contributed by atoms with Crippen LogP contribution >= 0.6 is 12.2 Å². The molecule has 1 rings (SSSR count). The van der Waals surface area contributed by atoms with E-state index in [0.29, 0.717) is 11.5 Å². The molecule has 3 N–H and O–H groups in total. The number of nitrogens with one attached hydrogen (secondary N) is 1. The van der Waals surface area contributed by atoms with E-state index >= 15 is 0 Å². The Morgan fingerprint density at radius 3 is 2.75 bits per heavy atom. The minimum absolute atomic E-state index is 0.109. The molecule has 0 amide bonds. The van der Waals surface area contributed by atoms with Gasteiger partial charge in [-0.3, -0.25) is 5.43 Å². The average molecular weight is 239 g/mol. The van der Waals surface area contributed by atoms with Crippen molar-refractivity contribution in [1.82, 2.24) is 5.43 Å². The van der Waals surface area contributed by atoms with Crippen molar-refractivity contribution in [2.24, 2.45) is 10.8 Å². The fourth-order valence-corrected chi connectivity index (χ4v) is 1.23. The summed E-state index contributed by atoms with van der Waals surface area (Å²) in [5.41, 5.74) is 8.47. The molecule has 0 saturated carbocycles. The molecule has 5 nitrogen and oxygen atoms in total. The highest BCUT2D eigenvalue weighted by atomic mass is 32.1. The summed E-state index contributed by atoms with van der Waals surface area (Å²) in [6, 6.07) is 5.48. The van der Waals surface area contributed by atoms with Gasteiger partial charge in [0, 0.05) is 5.56 Å². The van der Waals surface area contributed by atoms with Gasteiger partial charge in [-0.25, -0.2) is 0 Å². The number of ether oxygens (including phenoxy) is 2. The van der Waals surface area contributed by atoms with E-state index in [0.717, 1.165) is 5.56 Å². The van der Waals surface area contributed by atoms with Crippen molar-refractivity contribution in [2.75, 3.05) is 14.2 Å². The zero-order chi connectivity index (χ0) is 12.0. The Morgan fingerprint density at radius 2 is 2.19 bits per heavy atom. The largest absolute Gasteiger partial charge is 0.493 e. The highest BCUT2D eigenvalue weighted by Gasteiger charge is 2.06. The summed E-state index contributed by atoms with van der Waals surface area (Å²) in [4.78, 5) is 0. The number of para-hydroxylation sites is 1. The Hall–Kier alpha value is -1.82. The number of rotatable bonds is 4. The van der Waals surface area contributed by atoms with E-state index in [1.165, 1.54) is 0 Å². The molecule has 86 valence electrons. The molecule has 0 aliphatic carbocycles. The predicted molar refractivity (Wildman–Crippen MR) is 67.1 cm³/mol. The van der Waals surface area contributed by atoms with Gasteiger partial charge >= 0.3 is 0 Å². The lowest BCUT2D eigenvalue weighted by atomic mass is 10.2. The highest BCUT2D eigenvalue weighted by molar-refractivity contribution is 7.80. The molecular weight excluding hydrogens is 226 g/mol. The summed E-state index contributed by atoms with van der Waals surface area (Å²) < 4.78 is 10.4. The summed E-state index contributed by atoms with van der Waals surface area (Å²) in [6.45, 7) is 0. The van der Waals surface area contributed by atoms with E-state index < -0.39 is 0 Å². The molecule has 1 aromatic carbocycles. The van der Waals surface area contributed by atoms with Crippen LogP contribution in [0.3, 0.4) is 0 Å². The topological polar surface area (TPSA) is 68.9 Å². The molecule has 0 aliphatic rings. The number of methoxy groups -OCH3 is 2. The fourth-order valence-electron chi connectivity index (χ4n) is 1.18. The first kappa shape index (κ1) is 12.3. The van der Waals surface area contributed by atoms with Crippen LogP contribution in [0.15, 0.2) is 23.3 Å². The number of hydrogen-bond acceptors (Lipinski definition) is 4. The quantitative estimate of drug-likeness (QED) is 0.463.